The van der Waals surface area contributed by atoms with Crippen LogP contribution < -0.4 is 11.5 Å². The van der Waals surface area contributed by atoms with E-state index >= 15 is 0 Å². The van der Waals surface area contributed by atoms with E-state index in [1.165, 1.54) is 12.8 Å². The molecule has 1 atom stereocenters. The van der Waals surface area contributed by atoms with Crippen molar-refractivity contribution >= 4 is 5.91 Å². The highest BCUT2D eigenvalue weighted by Gasteiger charge is 2.23. The lowest BCUT2D eigenvalue weighted by molar-refractivity contribution is -0.134. The fourth-order valence-electron chi connectivity index (χ4n) is 1.91. The molecule has 1 aliphatic rings. The molecule has 4 N–H and O–H groups in total. The molecule has 0 aromatic heterocycles. The van der Waals surface area contributed by atoms with Gasteiger partial charge < -0.3 is 16.4 Å². The van der Waals surface area contributed by atoms with E-state index in [0.29, 0.717) is 0 Å². The molecule has 0 aromatic rings. The normalized spacial score (nSPS) is 19.8. The smallest absolute Gasteiger partial charge is 0.240 e. The van der Waals surface area contributed by atoms with Gasteiger partial charge in [0.05, 0.1) is 6.04 Å². The van der Waals surface area contributed by atoms with Gasteiger partial charge in [0, 0.05) is 32.7 Å². The maximum Gasteiger partial charge on any atom is 0.240 e. The molecule has 1 amide bonds. The van der Waals surface area contributed by atoms with Crippen LogP contribution in [-0.2, 0) is 4.79 Å². The molecule has 1 fully saturated rings. The van der Waals surface area contributed by atoms with E-state index in [0.717, 1.165) is 32.7 Å². The van der Waals surface area contributed by atoms with E-state index in [1.807, 2.05) is 4.90 Å². The number of nitrogens with zero attached hydrogens (tertiary/aromatic N) is 2. The lowest BCUT2D eigenvalue weighted by Crippen LogP contribution is -2.54. The second-order valence-electron chi connectivity index (χ2n) is 4.36. The number of piperazine rings is 1. The van der Waals surface area contributed by atoms with Gasteiger partial charge >= 0.3 is 0 Å². The van der Waals surface area contributed by atoms with Gasteiger partial charge in [0.25, 0.3) is 0 Å². The maximum atomic E-state index is 11.8. The number of hydrogen-bond acceptors (Lipinski definition) is 4. The minimum atomic E-state index is -0.526. The first kappa shape index (κ1) is 13.4. The third-order valence-electron chi connectivity index (χ3n) is 3.08. The Morgan fingerprint density at radius 3 is 2.44 bits per heavy atom. The lowest BCUT2D eigenvalue weighted by Gasteiger charge is -2.35. The van der Waals surface area contributed by atoms with E-state index in [1.54, 1.807) is 0 Å². The first-order chi connectivity index (χ1) is 7.69. The fourth-order valence-corrected chi connectivity index (χ4v) is 1.91. The number of carbonyl (C=O) groups is 1. The molecule has 1 aliphatic heterocycles. The van der Waals surface area contributed by atoms with Gasteiger partial charge in [0.1, 0.15) is 0 Å². The molecule has 1 heterocycles. The number of carbonyl (C=O) groups excluding carboxylic acids is 1. The summed E-state index contributed by atoms with van der Waals surface area (Å²) >= 11 is 0. The van der Waals surface area contributed by atoms with Gasteiger partial charge in [-0.3, -0.25) is 9.69 Å². The van der Waals surface area contributed by atoms with Crippen molar-refractivity contribution in [3.63, 3.8) is 0 Å². The molecule has 0 saturated carbocycles. The van der Waals surface area contributed by atoms with Gasteiger partial charge in [-0.2, -0.15) is 0 Å². The fraction of sp³-hybridized carbons (Fsp3) is 0.909. The minimum Gasteiger partial charge on any atom is -0.339 e. The number of unbranched alkanes of at least 4 members (excludes halogenated alkanes) is 1. The van der Waals surface area contributed by atoms with Crippen molar-refractivity contribution in [3.05, 3.63) is 0 Å². The van der Waals surface area contributed by atoms with Crippen LogP contribution in [0.3, 0.4) is 0 Å². The molecule has 0 radical (unpaired) electrons. The molecule has 1 saturated heterocycles. The summed E-state index contributed by atoms with van der Waals surface area (Å²) in [7, 11) is 0. The topological polar surface area (TPSA) is 75.6 Å². The Kier molecular flexibility index (Phi) is 5.73. The van der Waals surface area contributed by atoms with Gasteiger partial charge in [0.15, 0.2) is 0 Å². The zero-order chi connectivity index (χ0) is 12.0. The predicted octanol–water partition coefficient (Wildman–Crippen LogP) is -0.783. The highest BCUT2D eigenvalue weighted by molar-refractivity contribution is 5.82. The van der Waals surface area contributed by atoms with E-state index in [9.17, 15) is 4.79 Å². The van der Waals surface area contributed by atoms with Crippen molar-refractivity contribution in [3.8, 4) is 0 Å². The van der Waals surface area contributed by atoms with Gasteiger partial charge in [-0.25, -0.2) is 0 Å². The van der Waals surface area contributed by atoms with Gasteiger partial charge in [-0.1, -0.05) is 13.3 Å². The van der Waals surface area contributed by atoms with E-state index in [4.69, 9.17) is 11.5 Å². The van der Waals surface area contributed by atoms with E-state index in [2.05, 4.69) is 11.8 Å². The zero-order valence-electron chi connectivity index (χ0n) is 10.2. The summed E-state index contributed by atoms with van der Waals surface area (Å²) < 4.78 is 0. The van der Waals surface area contributed by atoms with Crippen LogP contribution in [0.4, 0.5) is 0 Å². The monoisotopic (exact) mass is 228 g/mol. The molecule has 1 rings (SSSR count). The molecule has 0 unspecified atom stereocenters. The molecule has 5 heteroatoms. The average molecular weight is 228 g/mol. The summed E-state index contributed by atoms with van der Waals surface area (Å²) in [5, 5.41) is 0. The summed E-state index contributed by atoms with van der Waals surface area (Å²) in [5.74, 6) is -0.00218. The van der Waals surface area contributed by atoms with Crippen LogP contribution in [0.1, 0.15) is 19.8 Å². The molecule has 0 aliphatic carbocycles. The Hall–Kier alpha value is -0.650. The molecule has 0 bridgehead atoms. The zero-order valence-corrected chi connectivity index (χ0v) is 10.2. The Morgan fingerprint density at radius 2 is 1.94 bits per heavy atom. The van der Waals surface area contributed by atoms with Crippen molar-refractivity contribution in [2.24, 2.45) is 11.5 Å². The van der Waals surface area contributed by atoms with Gasteiger partial charge in [-0.15, -0.1) is 0 Å². The number of nitrogens with two attached hydrogens (primary N) is 2. The van der Waals surface area contributed by atoms with Crippen molar-refractivity contribution in [1.82, 2.24) is 9.80 Å². The third kappa shape index (κ3) is 3.73. The summed E-state index contributed by atoms with van der Waals surface area (Å²) in [6, 6.07) is -0.526. The van der Waals surface area contributed by atoms with Crippen molar-refractivity contribution in [2.45, 2.75) is 25.8 Å². The summed E-state index contributed by atoms with van der Waals surface area (Å²) in [5.41, 5.74) is 11.0. The Morgan fingerprint density at radius 1 is 1.31 bits per heavy atom. The Labute approximate surface area is 97.7 Å². The quantitative estimate of drug-likeness (QED) is 0.647. The predicted molar refractivity (Wildman–Crippen MR) is 65.0 cm³/mol. The average Bonchev–Trinajstić information content (AvgIpc) is 2.35. The number of amides is 1. The SMILES string of the molecule is CCCCN1CCN(C(=O)[C@H](N)CN)CC1. The number of hydrogen-bond donors (Lipinski definition) is 2. The largest absolute Gasteiger partial charge is 0.339 e. The molecule has 0 aromatic carbocycles. The minimum absolute atomic E-state index is 0.00218. The second kappa shape index (κ2) is 6.83. The van der Waals surface area contributed by atoms with Crippen molar-refractivity contribution in [1.29, 1.82) is 0 Å². The first-order valence-electron chi connectivity index (χ1n) is 6.15. The van der Waals surface area contributed by atoms with Gasteiger partial charge in [0.2, 0.25) is 5.91 Å². The molecule has 0 spiro atoms. The Balaban J connectivity index is 2.28. The summed E-state index contributed by atoms with van der Waals surface area (Å²) in [4.78, 5) is 16.0. The van der Waals surface area contributed by atoms with E-state index < -0.39 is 6.04 Å². The highest BCUT2D eigenvalue weighted by Crippen LogP contribution is 2.04. The third-order valence-corrected chi connectivity index (χ3v) is 3.08. The summed E-state index contributed by atoms with van der Waals surface area (Å²) in [6.45, 7) is 7.06. The molecular weight excluding hydrogens is 204 g/mol. The van der Waals surface area contributed by atoms with Crippen LogP contribution in [0.5, 0.6) is 0 Å². The number of rotatable bonds is 5. The molecule has 5 nitrogen and oxygen atoms in total. The maximum absolute atomic E-state index is 11.8. The first-order valence-corrected chi connectivity index (χ1v) is 6.15. The van der Waals surface area contributed by atoms with Crippen molar-refractivity contribution in [2.75, 3.05) is 39.3 Å². The van der Waals surface area contributed by atoms with Crippen LogP contribution >= 0.6 is 0 Å². The van der Waals surface area contributed by atoms with Crippen LogP contribution in [0.15, 0.2) is 0 Å². The second-order valence-corrected chi connectivity index (χ2v) is 4.36. The van der Waals surface area contributed by atoms with Crippen LogP contribution in [0.2, 0.25) is 0 Å². The van der Waals surface area contributed by atoms with Crippen LogP contribution in [0, 0.1) is 0 Å². The molecule has 94 valence electrons. The van der Waals surface area contributed by atoms with Crippen molar-refractivity contribution < 1.29 is 4.79 Å². The summed E-state index contributed by atoms with van der Waals surface area (Å²) in [6.07, 6.45) is 2.45. The molecule has 16 heavy (non-hydrogen) atoms. The molecular formula is C11H24N4O. The standard InChI is InChI=1S/C11H24N4O/c1-2-3-4-14-5-7-15(8-6-14)11(16)10(13)9-12/h10H,2-9,12-13H2,1H3/t10-/m1/s1. The van der Waals surface area contributed by atoms with Gasteiger partial charge in [-0.05, 0) is 13.0 Å². The van der Waals surface area contributed by atoms with Crippen LogP contribution in [0.25, 0.3) is 0 Å². The Bertz CT molecular complexity index is 214. The van der Waals surface area contributed by atoms with Crippen LogP contribution in [-0.4, -0.2) is 61.0 Å². The lowest BCUT2D eigenvalue weighted by atomic mass is 10.2. The van der Waals surface area contributed by atoms with E-state index in [-0.39, 0.29) is 12.5 Å². The highest BCUT2D eigenvalue weighted by atomic mass is 16.2.